The fraction of sp³-hybridized carbons (Fsp3) is 0.538. The van der Waals surface area contributed by atoms with Gasteiger partial charge in [0.25, 0.3) is 0 Å². The number of unbranched alkanes of at least 4 members (excludes halogenated alkanes) is 1. The predicted octanol–water partition coefficient (Wildman–Crippen LogP) is 3.78. The topological polar surface area (TPSA) is 9.23 Å². The Bertz CT molecular complexity index is 230. The predicted molar refractivity (Wildman–Crippen MR) is 60.2 cm³/mol. The molecule has 0 unspecified atom stereocenters. The molecule has 0 aliphatic heterocycles. The van der Waals surface area contributed by atoms with Crippen LogP contribution in [0.3, 0.4) is 0 Å². The van der Waals surface area contributed by atoms with E-state index >= 15 is 0 Å². The highest BCUT2D eigenvalue weighted by Crippen LogP contribution is 2.08. The molecule has 1 aromatic rings. The molecule has 0 saturated heterocycles. The average molecular weight is 192 g/mol. The smallest absolute Gasteiger partial charge is 0.0720 e. The lowest BCUT2D eigenvalue weighted by Gasteiger charge is -2.12. The maximum absolute atomic E-state index is 5.73. The lowest BCUT2D eigenvalue weighted by atomic mass is 10.2. The molecule has 1 atom stereocenters. The zero-order valence-corrected chi connectivity index (χ0v) is 9.20. The van der Waals surface area contributed by atoms with E-state index in [1.54, 1.807) is 0 Å². The van der Waals surface area contributed by atoms with Gasteiger partial charge in [0, 0.05) is 0 Å². The largest absolute Gasteiger partial charge is 0.374 e. The molecule has 1 nitrogen and oxygen atoms in total. The van der Waals surface area contributed by atoms with Crippen LogP contribution < -0.4 is 0 Å². The molecule has 78 valence electrons. The fourth-order valence-electron chi connectivity index (χ4n) is 1.39. The van der Waals surface area contributed by atoms with Crippen molar-refractivity contribution in [2.24, 2.45) is 0 Å². The van der Waals surface area contributed by atoms with Gasteiger partial charge in [-0.25, -0.2) is 0 Å². The van der Waals surface area contributed by atoms with Gasteiger partial charge in [-0.05, 0) is 18.9 Å². The van der Waals surface area contributed by atoms with Crippen LogP contribution in [0.15, 0.2) is 30.3 Å². The molecule has 0 spiro atoms. The molecule has 0 bridgehead atoms. The molecule has 0 aromatic heterocycles. The van der Waals surface area contributed by atoms with Crippen molar-refractivity contribution in [3.63, 3.8) is 0 Å². The van der Waals surface area contributed by atoms with Crippen LogP contribution in [0.2, 0.25) is 0 Å². The minimum Gasteiger partial charge on any atom is -0.374 e. The molecule has 14 heavy (non-hydrogen) atoms. The number of ether oxygens (including phenoxy) is 1. The fourth-order valence-corrected chi connectivity index (χ4v) is 1.39. The van der Waals surface area contributed by atoms with Gasteiger partial charge in [0.05, 0.1) is 12.7 Å². The van der Waals surface area contributed by atoms with Crippen molar-refractivity contribution in [3.05, 3.63) is 35.9 Å². The summed E-state index contributed by atoms with van der Waals surface area (Å²) in [4.78, 5) is 0. The van der Waals surface area contributed by atoms with E-state index in [9.17, 15) is 0 Å². The third kappa shape index (κ3) is 4.43. The van der Waals surface area contributed by atoms with Crippen molar-refractivity contribution in [2.45, 2.75) is 45.8 Å². The molecule has 1 aromatic carbocycles. The van der Waals surface area contributed by atoms with Gasteiger partial charge in [-0.3, -0.25) is 0 Å². The van der Waals surface area contributed by atoms with Crippen LogP contribution in [0.25, 0.3) is 0 Å². The van der Waals surface area contributed by atoms with Gasteiger partial charge in [0.2, 0.25) is 0 Å². The van der Waals surface area contributed by atoms with Crippen LogP contribution in [0, 0.1) is 0 Å². The van der Waals surface area contributed by atoms with Crippen LogP contribution >= 0.6 is 0 Å². The molecule has 0 heterocycles. The highest BCUT2D eigenvalue weighted by molar-refractivity contribution is 5.13. The summed E-state index contributed by atoms with van der Waals surface area (Å²) in [7, 11) is 0. The summed E-state index contributed by atoms with van der Waals surface area (Å²) in [5.41, 5.74) is 1.26. The molecule has 0 fully saturated rings. The Labute approximate surface area is 87.1 Å². The Morgan fingerprint density at radius 3 is 2.57 bits per heavy atom. The van der Waals surface area contributed by atoms with Crippen molar-refractivity contribution in [1.82, 2.24) is 0 Å². The van der Waals surface area contributed by atoms with Crippen LogP contribution in [0.5, 0.6) is 0 Å². The number of hydrogen-bond acceptors (Lipinski definition) is 1. The quantitative estimate of drug-likeness (QED) is 0.666. The third-order valence-electron chi connectivity index (χ3n) is 2.34. The van der Waals surface area contributed by atoms with Gasteiger partial charge in [-0.15, -0.1) is 0 Å². The number of benzene rings is 1. The van der Waals surface area contributed by atoms with E-state index in [2.05, 4.69) is 38.1 Å². The normalized spacial score (nSPS) is 12.7. The Balaban J connectivity index is 2.20. The highest BCUT2D eigenvalue weighted by Gasteiger charge is 2.01. The van der Waals surface area contributed by atoms with Crippen molar-refractivity contribution in [1.29, 1.82) is 0 Å². The minimum absolute atomic E-state index is 0.384. The zero-order valence-electron chi connectivity index (χ0n) is 9.20. The van der Waals surface area contributed by atoms with E-state index < -0.39 is 0 Å². The summed E-state index contributed by atoms with van der Waals surface area (Å²) >= 11 is 0. The molecule has 0 saturated carbocycles. The Kier molecular flexibility index (Phi) is 5.31. The molecule has 0 radical (unpaired) electrons. The summed E-state index contributed by atoms with van der Waals surface area (Å²) in [6.45, 7) is 5.11. The number of rotatable bonds is 6. The maximum Gasteiger partial charge on any atom is 0.0720 e. The lowest BCUT2D eigenvalue weighted by molar-refractivity contribution is 0.0462. The zero-order chi connectivity index (χ0) is 10.2. The Hall–Kier alpha value is -0.820. The maximum atomic E-state index is 5.73. The molecule has 0 amide bonds. The van der Waals surface area contributed by atoms with Gasteiger partial charge < -0.3 is 4.74 Å². The second kappa shape index (κ2) is 6.61. The standard InChI is InChI=1S/C13H20O/c1-3-4-8-12(2)14-11-13-9-6-5-7-10-13/h5-7,9-10,12H,3-4,8,11H2,1-2H3/t12-/m0/s1. The van der Waals surface area contributed by atoms with Crippen molar-refractivity contribution >= 4 is 0 Å². The Morgan fingerprint density at radius 1 is 1.21 bits per heavy atom. The van der Waals surface area contributed by atoms with Gasteiger partial charge in [-0.1, -0.05) is 50.1 Å². The lowest BCUT2D eigenvalue weighted by Crippen LogP contribution is -2.07. The molecule has 0 aliphatic rings. The first-order valence-corrected chi connectivity index (χ1v) is 5.48. The van der Waals surface area contributed by atoms with Gasteiger partial charge in [0.15, 0.2) is 0 Å². The van der Waals surface area contributed by atoms with Crippen LogP contribution in [0.1, 0.15) is 38.7 Å². The van der Waals surface area contributed by atoms with Gasteiger partial charge in [-0.2, -0.15) is 0 Å². The van der Waals surface area contributed by atoms with Crippen molar-refractivity contribution in [2.75, 3.05) is 0 Å². The molecule has 0 N–H and O–H groups in total. The van der Waals surface area contributed by atoms with E-state index in [1.165, 1.54) is 24.8 Å². The first kappa shape index (κ1) is 11.3. The highest BCUT2D eigenvalue weighted by atomic mass is 16.5. The van der Waals surface area contributed by atoms with E-state index in [0.29, 0.717) is 6.10 Å². The second-order valence-electron chi connectivity index (χ2n) is 3.75. The summed E-state index contributed by atoms with van der Waals surface area (Å²) in [6, 6.07) is 10.3. The summed E-state index contributed by atoms with van der Waals surface area (Å²) in [5.74, 6) is 0. The van der Waals surface area contributed by atoms with E-state index in [4.69, 9.17) is 4.74 Å². The van der Waals surface area contributed by atoms with Crippen LogP contribution in [0.4, 0.5) is 0 Å². The van der Waals surface area contributed by atoms with E-state index in [-0.39, 0.29) is 0 Å². The molecular weight excluding hydrogens is 172 g/mol. The SMILES string of the molecule is CCCC[C@H](C)OCc1ccccc1. The monoisotopic (exact) mass is 192 g/mol. The number of hydrogen-bond donors (Lipinski definition) is 0. The third-order valence-corrected chi connectivity index (χ3v) is 2.34. The molecule has 1 rings (SSSR count). The van der Waals surface area contributed by atoms with Crippen LogP contribution in [-0.2, 0) is 11.3 Å². The van der Waals surface area contributed by atoms with Crippen molar-refractivity contribution in [3.8, 4) is 0 Å². The summed E-state index contributed by atoms with van der Waals surface area (Å²) < 4.78 is 5.73. The minimum atomic E-state index is 0.384. The second-order valence-corrected chi connectivity index (χ2v) is 3.75. The Morgan fingerprint density at radius 2 is 1.93 bits per heavy atom. The molecule has 1 heteroatoms. The van der Waals surface area contributed by atoms with Crippen molar-refractivity contribution < 1.29 is 4.74 Å². The van der Waals surface area contributed by atoms with E-state index in [1.807, 2.05) is 6.07 Å². The van der Waals surface area contributed by atoms with Gasteiger partial charge in [0.1, 0.15) is 0 Å². The summed E-state index contributed by atoms with van der Waals surface area (Å²) in [6.07, 6.45) is 4.06. The van der Waals surface area contributed by atoms with Gasteiger partial charge >= 0.3 is 0 Å². The molecule has 0 aliphatic carbocycles. The van der Waals surface area contributed by atoms with Crippen LogP contribution in [-0.4, -0.2) is 6.10 Å². The average Bonchev–Trinajstić information content (AvgIpc) is 2.25. The first-order valence-electron chi connectivity index (χ1n) is 5.48. The first-order chi connectivity index (χ1) is 6.83. The van der Waals surface area contributed by atoms with E-state index in [0.717, 1.165) is 6.61 Å². The summed E-state index contributed by atoms with van der Waals surface area (Å²) in [5, 5.41) is 0. The molecular formula is C13H20O.